The average molecular weight is 957 g/mol. The zero-order chi connectivity index (χ0) is 48.3. The van der Waals surface area contributed by atoms with Crippen molar-refractivity contribution in [2.75, 3.05) is 54.6 Å². The number of alkyl halides is 4. The molecule has 7 amide bonds. The smallest absolute Gasteiger partial charge is 0.385 e. The Morgan fingerprint density at radius 1 is 1.02 bits per heavy atom. The largest absolute Gasteiger partial charge is 0.426 e. The molecule has 2 fully saturated rings. The third kappa shape index (κ3) is 14.1. The minimum atomic E-state index is -5.46. The Balaban J connectivity index is 2.02. The van der Waals surface area contributed by atoms with Gasteiger partial charge in [0.05, 0.1) is 13.2 Å². The van der Waals surface area contributed by atoms with Crippen molar-refractivity contribution in [3.8, 4) is 0 Å². The number of ether oxygens (including phenoxy) is 2. The van der Waals surface area contributed by atoms with Crippen LogP contribution in [0, 0.1) is 5.92 Å². The molecule has 64 heavy (non-hydrogen) atoms. The van der Waals surface area contributed by atoms with Gasteiger partial charge < -0.3 is 50.5 Å². The van der Waals surface area contributed by atoms with Gasteiger partial charge in [-0.25, -0.2) is 4.39 Å². The number of nitrogens with zero attached hydrogens (tertiary/aromatic N) is 3. The van der Waals surface area contributed by atoms with Crippen LogP contribution in [0.2, 0.25) is 10.0 Å². The number of carbonyl (C=O) groups is 7. The molecule has 0 spiro atoms. The molecule has 1 aromatic carbocycles. The third-order valence-corrected chi connectivity index (χ3v) is 11.8. The highest BCUT2D eigenvalue weighted by molar-refractivity contribution is 6.33. The number of benzene rings is 1. The Kier molecular flexibility index (Phi) is 20.0. The van der Waals surface area contributed by atoms with Crippen molar-refractivity contribution in [2.45, 2.75) is 120 Å². The van der Waals surface area contributed by atoms with Crippen molar-refractivity contribution >= 4 is 64.6 Å². The van der Waals surface area contributed by atoms with E-state index in [4.69, 9.17) is 32.7 Å². The molecule has 5 N–H and O–H groups in total. The van der Waals surface area contributed by atoms with E-state index in [0.717, 1.165) is 9.80 Å². The highest BCUT2D eigenvalue weighted by atomic mass is 35.5. The van der Waals surface area contributed by atoms with E-state index in [1.165, 1.54) is 40.4 Å². The summed E-state index contributed by atoms with van der Waals surface area (Å²) in [7, 11) is 5.25. The lowest BCUT2D eigenvalue weighted by Gasteiger charge is -2.35. The molecule has 0 bridgehead atoms. The van der Waals surface area contributed by atoms with Crippen molar-refractivity contribution in [3.63, 3.8) is 0 Å². The lowest BCUT2D eigenvalue weighted by Crippen LogP contribution is -2.61. The van der Waals surface area contributed by atoms with Gasteiger partial charge in [-0.15, -0.1) is 0 Å². The van der Waals surface area contributed by atoms with Gasteiger partial charge in [-0.05, 0) is 68.7 Å². The lowest BCUT2D eigenvalue weighted by atomic mass is 9.98. The van der Waals surface area contributed by atoms with Crippen molar-refractivity contribution < 1.29 is 65.7 Å². The molecule has 0 saturated carbocycles. The lowest BCUT2D eigenvalue weighted by molar-refractivity contribution is -0.250. The van der Waals surface area contributed by atoms with Crippen molar-refractivity contribution in [1.29, 1.82) is 0 Å². The second-order valence-corrected chi connectivity index (χ2v) is 17.4. The second-order valence-electron chi connectivity index (χ2n) is 16.6. The Bertz CT molecular complexity index is 1840. The summed E-state index contributed by atoms with van der Waals surface area (Å²) >= 11 is 12.7. The van der Waals surface area contributed by atoms with Gasteiger partial charge >= 0.3 is 6.18 Å². The third-order valence-electron chi connectivity index (χ3n) is 11.2. The minimum absolute atomic E-state index is 0.0393. The van der Waals surface area contributed by atoms with E-state index >= 15 is 0 Å². The maximum atomic E-state index is 14.7. The molecular weight excluding hydrogens is 897 g/mol. The number of likely N-dealkylation sites (tertiary alicyclic amines) is 1. The Labute approximate surface area is 379 Å². The molecule has 360 valence electrons. The van der Waals surface area contributed by atoms with Gasteiger partial charge in [-0.1, -0.05) is 37.0 Å². The number of likely N-dealkylation sites (N-methyl/N-ethyl adjacent to an activating group) is 2. The topological polar surface area (TPSA) is 216 Å². The molecule has 2 saturated heterocycles. The standard InChI is InChI=1S/C41H59Cl2F4N7O10/c1-22(2)16-28-38(60)53(5)31(18-23-17-24(42)11-12-26(23)43)35(57)51-29(21-64-7)33(55)48-14-9-8-10-30(34(56)50-28)52(4)37(59)27(13-15-63-6)49-36(58)32-19-25(44)20-54(32)39(61)40(3,62)41(45,46)47/h11-12,17,22,25,27-32,62H,8-10,13-16,18-21H2,1-7H3,(H,48,55)(H,49,58)(H,50,56)(H,51,57)/t25-,27+,28+,29-,30+,31+,32+,40-/m1/s1. The molecule has 0 aromatic heterocycles. The summed E-state index contributed by atoms with van der Waals surface area (Å²) in [6, 6.07) is -3.87. The van der Waals surface area contributed by atoms with Crippen LogP contribution in [-0.2, 0) is 49.5 Å². The second kappa shape index (κ2) is 23.7. The zero-order valence-electron chi connectivity index (χ0n) is 36.9. The van der Waals surface area contributed by atoms with E-state index in [-0.39, 0.29) is 81.0 Å². The fourth-order valence-electron chi connectivity index (χ4n) is 7.41. The van der Waals surface area contributed by atoms with Crippen LogP contribution in [0.1, 0.15) is 64.9 Å². The molecular formula is C41H59Cl2F4N7O10. The van der Waals surface area contributed by atoms with E-state index in [1.54, 1.807) is 19.9 Å². The van der Waals surface area contributed by atoms with Crippen LogP contribution in [0.25, 0.3) is 0 Å². The average Bonchev–Trinajstić information content (AvgIpc) is 3.62. The number of rotatable bonds is 14. The summed E-state index contributed by atoms with van der Waals surface area (Å²) in [6.45, 7) is 2.54. The Morgan fingerprint density at radius 2 is 1.67 bits per heavy atom. The first-order valence-electron chi connectivity index (χ1n) is 20.7. The number of hydrogen-bond acceptors (Lipinski definition) is 10. The van der Waals surface area contributed by atoms with Crippen molar-refractivity contribution in [1.82, 2.24) is 36.0 Å². The summed E-state index contributed by atoms with van der Waals surface area (Å²) in [6.07, 6.45) is -8.01. The molecule has 23 heteroatoms. The summed E-state index contributed by atoms with van der Waals surface area (Å²) in [5, 5.41) is 21.1. The van der Waals surface area contributed by atoms with Gasteiger partial charge in [-0.3, -0.25) is 33.6 Å². The molecule has 0 unspecified atom stereocenters. The Morgan fingerprint density at radius 3 is 2.28 bits per heavy atom. The van der Waals surface area contributed by atoms with Crippen LogP contribution in [0.15, 0.2) is 18.2 Å². The maximum absolute atomic E-state index is 14.7. The summed E-state index contributed by atoms with van der Waals surface area (Å²) in [4.78, 5) is 99.6. The molecule has 8 atom stereocenters. The fourth-order valence-corrected chi connectivity index (χ4v) is 7.80. The summed E-state index contributed by atoms with van der Waals surface area (Å²) < 4.78 is 65.8. The van der Waals surface area contributed by atoms with Crippen molar-refractivity contribution in [2.24, 2.45) is 5.92 Å². The SMILES string of the molecule is COCC[C@H](NC(=O)[C@@H]1C[C@@H](F)CN1C(=O)[C@@](C)(O)C(F)(F)F)C(=O)N(C)[C@H]1CCCCNC(=O)[C@@H](COC)NC(=O)[C@H](Cc2cc(Cl)ccc2Cl)N(C)C(=O)[C@H](CC(C)C)NC1=O. The summed E-state index contributed by atoms with van der Waals surface area (Å²) in [5.41, 5.74) is -3.55. The van der Waals surface area contributed by atoms with E-state index in [0.29, 0.717) is 10.6 Å². The van der Waals surface area contributed by atoms with Gasteiger partial charge in [0.15, 0.2) is 0 Å². The van der Waals surface area contributed by atoms with Gasteiger partial charge in [0, 0.05) is 64.4 Å². The molecule has 17 nitrogen and oxygen atoms in total. The van der Waals surface area contributed by atoms with Crippen molar-refractivity contribution in [3.05, 3.63) is 33.8 Å². The predicted octanol–water partition coefficient (Wildman–Crippen LogP) is 1.93. The van der Waals surface area contributed by atoms with Crippen LogP contribution in [-0.4, -0.2) is 170 Å². The number of halogens is 6. The normalized spacial score (nSPS) is 24.7. The zero-order valence-corrected chi connectivity index (χ0v) is 38.4. The summed E-state index contributed by atoms with van der Waals surface area (Å²) in [5.74, 6) is -7.07. The first-order valence-corrected chi connectivity index (χ1v) is 21.5. The van der Waals surface area contributed by atoms with Crippen LogP contribution in [0.3, 0.4) is 0 Å². The van der Waals surface area contributed by atoms with Crippen LogP contribution >= 0.6 is 23.2 Å². The number of methoxy groups -OCH3 is 2. The molecule has 2 heterocycles. The Hall–Kier alpha value is -4.31. The molecule has 0 radical (unpaired) electrons. The number of carbonyl (C=O) groups excluding carboxylic acids is 7. The van der Waals surface area contributed by atoms with E-state index in [1.807, 2.05) is 0 Å². The van der Waals surface area contributed by atoms with E-state index in [2.05, 4.69) is 21.3 Å². The highest BCUT2D eigenvalue weighted by Gasteiger charge is 2.59. The van der Waals surface area contributed by atoms with Crippen LogP contribution in [0.4, 0.5) is 17.6 Å². The van der Waals surface area contributed by atoms with Crippen LogP contribution < -0.4 is 21.3 Å². The van der Waals surface area contributed by atoms with E-state index < -0.39 is 109 Å². The number of aliphatic hydroxyl groups is 1. The molecule has 3 rings (SSSR count). The van der Waals surface area contributed by atoms with Gasteiger partial charge in [0.25, 0.3) is 5.91 Å². The fraction of sp³-hybridized carbons (Fsp3) is 0.683. The van der Waals surface area contributed by atoms with E-state index in [9.17, 15) is 56.2 Å². The highest BCUT2D eigenvalue weighted by Crippen LogP contribution is 2.34. The number of amides is 7. The van der Waals surface area contributed by atoms with Gasteiger partial charge in [-0.2, -0.15) is 13.2 Å². The van der Waals surface area contributed by atoms with Gasteiger partial charge in [0.1, 0.15) is 42.4 Å². The van der Waals surface area contributed by atoms with Gasteiger partial charge in [0.2, 0.25) is 41.0 Å². The number of hydrogen-bond donors (Lipinski definition) is 5. The molecule has 2 aliphatic rings. The quantitative estimate of drug-likeness (QED) is 0.171. The first-order chi connectivity index (χ1) is 29.9. The van der Waals surface area contributed by atoms with Crippen LogP contribution in [0.5, 0.6) is 0 Å². The monoisotopic (exact) mass is 955 g/mol. The number of nitrogens with one attached hydrogen (secondary N) is 4. The molecule has 2 aliphatic heterocycles. The molecule has 1 aromatic rings. The maximum Gasteiger partial charge on any atom is 0.426 e. The molecule has 0 aliphatic carbocycles. The first kappa shape index (κ1) is 54.0. The minimum Gasteiger partial charge on any atom is -0.385 e. The predicted molar refractivity (Wildman–Crippen MR) is 225 cm³/mol.